The van der Waals surface area contributed by atoms with Crippen LogP contribution in [0.4, 0.5) is 0 Å². The molecule has 0 saturated heterocycles. The molecular weight excluding hydrogens is 335 g/mol. The molecule has 0 aliphatic carbocycles. The van der Waals surface area contributed by atoms with Crippen molar-refractivity contribution in [2.24, 2.45) is 0 Å². The van der Waals surface area contributed by atoms with E-state index in [0.717, 1.165) is 5.75 Å². The molecule has 1 aliphatic heterocycles. The molecule has 0 spiro atoms. The van der Waals surface area contributed by atoms with E-state index in [9.17, 15) is 13.0 Å². The van der Waals surface area contributed by atoms with Gasteiger partial charge in [0, 0.05) is 10.8 Å². The summed E-state index contributed by atoms with van der Waals surface area (Å²) in [6, 6.07) is 4.23. The maximum atomic E-state index is 11.0. The van der Waals surface area contributed by atoms with Crippen LogP contribution >= 0.6 is 11.3 Å². The molecule has 6 nitrogen and oxygen atoms in total. The molecule has 2 aromatic rings. The summed E-state index contributed by atoms with van der Waals surface area (Å²) in [5.74, 6) is 1.92. The van der Waals surface area contributed by atoms with E-state index in [-0.39, 0.29) is 36.5 Å². The summed E-state index contributed by atoms with van der Waals surface area (Å²) in [6.07, 6.45) is -0.245. The number of ether oxygens (including phenoxy) is 3. The number of hydrogen-bond acceptors (Lipinski definition) is 7. The molecule has 118 valence electrons. The van der Waals surface area contributed by atoms with Crippen LogP contribution in [0.15, 0.2) is 33.9 Å². The minimum absolute atomic E-state index is 0. The summed E-state index contributed by atoms with van der Waals surface area (Å²) in [7, 11) is -4.46. The van der Waals surface area contributed by atoms with E-state index in [1.807, 2.05) is 10.8 Å². The van der Waals surface area contributed by atoms with E-state index < -0.39 is 10.1 Å². The zero-order chi connectivity index (χ0) is 15.7. The van der Waals surface area contributed by atoms with Gasteiger partial charge in [0.1, 0.15) is 29.1 Å². The van der Waals surface area contributed by atoms with E-state index in [1.54, 1.807) is 6.92 Å². The summed E-state index contributed by atoms with van der Waals surface area (Å²) in [5, 5.41) is 3.73. The van der Waals surface area contributed by atoms with Crippen molar-refractivity contribution >= 4 is 21.5 Å². The Balaban J connectivity index is 0.00000192. The predicted octanol–water partition coefficient (Wildman–Crippen LogP) is -0.817. The van der Waals surface area contributed by atoms with Crippen LogP contribution in [0.1, 0.15) is 5.56 Å². The zero-order valence-electron chi connectivity index (χ0n) is 12.6. The van der Waals surface area contributed by atoms with Gasteiger partial charge in [-0.25, -0.2) is 8.42 Å². The molecule has 0 saturated carbocycles. The SMILES string of the molecule is Cc1cc(OCC2COc3cscc3O2)ccc1S(=O)(=O)[O-].[Li+]. The predicted molar refractivity (Wildman–Crippen MR) is 78.9 cm³/mol. The van der Waals surface area contributed by atoms with Crippen molar-refractivity contribution in [2.75, 3.05) is 13.2 Å². The van der Waals surface area contributed by atoms with Crippen LogP contribution < -0.4 is 33.1 Å². The van der Waals surface area contributed by atoms with Gasteiger partial charge in [0.15, 0.2) is 17.6 Å². The van der Waals surface area contributed by atoms with Crippen molar-refractivity contribution in [3.05, 3.63) is 34.5 Å². The zero-order valence-corrected chi connectivity index (χ0v) is 14.3. The number of hydrogen-bond donors (Lipinski definition) is 0. The third-order valence-electron chi connectivity index (χ3n) is 3.16. The molecule has 23 heavy (non-hydrogen) atoms. The molecule has 1 atom stereocenters. The number of aryl methyl sites for hydroxylation is 1. The largest absolute Gasteiger partial charge is 1.00 e. The first kappa shape index (κ1) is 18.2. The van der Waals surface area contributed by atoms with E-state index in [4.69, 9.17) is 14.2 Å². The fourth-order valence-corrected chi connectivity index (χ4v) is 3.48. The van der Waals surface area contributed by atoms with Crippen molar-refractivity contribution in [3.8, 4) is 17.2 Å². The van der Waals surface area contributed by atoms with Gasteiger partial charge in [0.2, 0.25) is 0 Å². The van der Waals surface area contributed by atoms with Gasteiger partial charge in [0.25, 0.3) is 0 Å². The van der Waals surface area contributed by atoms with Crippen LogP contribution in [-0.4, -0.2) is 32.3 Å². The van der Waals surface area contributed by atoms with Crippen LogP contribution in [0.3, 0.4) is 0 Å². The first-order valence-electron chi connectivity index (χ1n) is 6.48. The van der Waals surface area contributed by atoms with Crippen LogP contribution in [0, 0.1) is 6.92 Å². The second-order valence-electron chi connectivity index (χ2n) is 4.84. The molecule has 0 bridgehead atoms. The quantitative estimate of drug-likeness (QED) is 0.530. The van der Waals surface area contributed by atoms with Gasteiger partial charge in [-0.15, -0.1) is 11.3 Å². The maximum Gasteiger partial charge on any atom is 1.00 e. The molecule has 0 amide bonds. The first-order chi connectivity index (χ1) is 10.4. The van der Waals surface area contributed by atoms with Crippen LogP contribution in [0.25, 0.3) is 0 Å². The van der Waals surface area contributed by atoms with Crippen LogP contribution in [0.2, 0.25) is 0 Å². The fraction of sp³-hybridized carbons (Fsp3) is 0.286. The topological polar surface area (TPSA) is 84.9 Å². The van der Waals surface area contributed by atoms with Gasteiger partial charge in [-0.2, -0.15) is 0 Å². The molecular formula is C14H13LiO6S2. The summed E-state index contributed by atoms with van der Waals surface area (Å²) >= 11 is 1.50. The Morgan fingerprint density at radius 1 is 1.35 bits per heavy atom. The minimum Gasteiger partial charge on any atom is -0.744 e. The fourth-order valence-electron chi connectivity index (χ4n) is 2.12. The van der Waals surface area contributed by atoms with Crippen molar-refractivity contribution in [2.45, 2.75) is 17.9 Å². The Morgan fingerprint density at radius 3 is 2.78 bits per heavy atom. The maximum absolute atomic E-state index is 11.0. The first-order valence-corrected chi connectivity index (χ1v) is 8.83. The normalized spacial score (nSPS) is 16.5. The number of thiophene rings is 1. The van der Waals surface area contributed by atoms with Gasteiger partial charge >= 0.3 is 18.9 Å². The second-order valence-corrected chi connectivity index (χ2v) is 6.94. The molecule has 0 fully saturated rings. The van der Waals surface area contributed by atoms with Gasteiger partial charge in [-0.1, -0.05) is 0 Å². The molecule has 1 aromatic heterocycles. The Hall–Kier alpha value is -1.17. The van der Waals surface area contributed by atoms with Crippen molar-refractivity contribution in [1.29, 1.82) is 0 Å². The minimum atomic E-state index is -4.46. The van der Waals surface area contributed by atoms with Crippen molar-refractivity contribution < 1.29 is 46.0 Å². The monoisotopic (exact) mass is 348 g/mol. The van der Waals surface area contributed by atoms with Crippen molar-refractivity contribution in [1.82, 2.24) is 0 Å². The Morgan fingerprint density at radius 2 is 2.09 bits per heavy atom. The molecule has 1 aliphatic rings. The average Bonchev–Trinajstić information content (AvgIpc) is 2.91. The summed E-state index contributed by atoms with van der Waals surface area (Å²) in [4.78, 5) is -0.236. The number of rotatable bonds is 4. The smallest absolute Gasteiger partial charge is 0.744 e. The summed E-state index contributed by atoms with van der Waals surface area (Å²) < 4.78 is 49.9. The molecule has 1 aromatic carbocycles. The van der Waals surface area contributed by atoms with Gasteiger partial charge in [-0.05, 0) is 30.7 Å². The number of benzene rings is 1. The molecule has 2 heterocycles. The number of fused-ring (bicyclic) bond motifs is 1. The van der Waals surface area contributed by atoms with Gasteiger partial charge in [-0.3, -0.25) is 0 Å². The average molecular weight is 348 g/mol. The van der Waals surface area contributed by atoms with E-state index >= 15 is 0 Å². The molecule has 1 unspecified atom stereocenters. The van der Waals surface area contributed by atoms with Crippen molar-refractivity contribution in [3.63, 3.8) is 0 Å². The molecule has 3 rings (SSSR count). The van der Waals surface area contributed by atoms with Crippen LogP contribution in [0.5, 0.6) is 17.2 Å². The Kier molecular flexibility index (Phi) is 5.65. The molecule has 0 radical (unpaired) electrons. The summed E-state index contributed by atoms with van der Waals surface area (Å²) in [5.41, 5.74) is 0.355. The molecule has 9 heteroatoms. The third-order valence-corrected chi connectivity index (χ3v) is 4.86. The Labute approximate surface area is 150 Å². The second kappa shape index (κ2) is 7.16. The molecule has 0 N–H and O–H groups in total. The third kappa shape index (κ3) is 4.22. The Bertz CT molecular complexity index is 786. The standard InChI is InChI=1S/C14H14O6S2.Li/c1-9-4-10(2-3-14(9)22(15,16)17)18-5-11-6-19-12-7-21-8-13(12)20-11;/h2-4,7-8,11H,5-6H2,1H3,(H,15,16,17);/q;+1/p-1. The van der Waals surface area contributed by atoms with Crippen LogP contribution in [-0.2, 0) is 10.1 Å². The van der Waals surface area contributed by atoms with E-state index in [1.165, 1.54) is 29.5 Å². The van der Waals surface area contributed by atoms with E-state index in [2.05, 4.69) is 0 Å². The van der Waals surface area contributed by atoms with Gasteiger partial charge in [0.05, 0.1) is 4.90 Å². The van der Waals surface area contributed by atoms with E-state index in [0.29, 0.717) is 23.7 Å². The van der Waals surface area contributed by atoms with Gasteiger partial charge < -0.3 is 18.8 Å². The summed E-state index contributed by atoms with van der Waals surface area (Å²) in [6.45, 7) is 2.20.